The van der Waals surface area contributed by atoms with Crippen molar-refractivity contribution in [3.63, 3.8) is 0 Å². The molecule has 1 aromatic carbocycles. The lowest BCUT2D eigenvalue weighted by molar-refractivity contribution is 0.333. The first-order valence-electron chi connectivity index (χ1n) is 7.71. The van der Waals surface area contributed by atoms with Crippen LogP contribution in [0.3, 0.4) is 0 Å². The first-order chi connectivity index (χ1) is 10.2. The van der Waals surface area contributed by atoms with Crippen LogP contribution in [0.1, 0.15) is 31.2 Å². The van der Waals surface area contributed by atoms with Crippen molar-refractivity contribution in [2.45, 2.75) is 38.6 Å². The molecule has 21 heavy (non-hydrogen) atoms. The van der Waals surface area contributed by atoms with Crippen LogP contribution in [-0.4, -0.2) is 17.6 Å². The van der Waals surface area contributed by atoms with E-state index in [0.717, 1.165) is 40.1 Å². The molecule has 0 amide bonds. The van der Waals surface area contributed by atoms with E-state index in [1.807, 2.05) is 25.3 Å². The molecule has 3 nitrogen and oxygen atoms in total. The van der Waals surface area contributed by atoms with Gasteiger partial charge in [0.25, 0.3) is 0 Å². The predicted octanol–water partition coefficient (Wildman–Crippen LogP) is 4.13. The average Bonchev–Trinajstić information content (AvgIpc) is 2.52. The molecule has 3 N–H and O–H groups in total. The first kappa shape index (κ1) is 14.6. The van der Waals surface area contributed by atoms with Gasteiger partial charge in [-0.15, -0.1) is 0 Å². The van der Waals surface area contributed by atoms with Gasteiger partial charge in [-0.1, -0.05) is 24.4 Å². The maximum atomic E-state index is 6.50. The van der Waals surface area contributed by atoms with E-state index in [1.165, 1.54) is 19.3 Å². The van der Waals surface area contributed by atoms with Crippen molar-refractivity contribution in [2.24, 2.45) is 11.7 Å². The fourth-order valence-electron chi connectivity index (χ4n) is 3.39. The average molecular weight is 304 g/mol. The van der Waals surface area contributed by atoms with E-state index in [4.69, 9.17) is 17.3 Å². The number of hydrogen-bond donors (Lipinski definition) is 2. The molecule has 3 rings (SSSR count). The zero-order valence-electron chi connectivity index (χ0n) is 12.4. The number of hydrogen-bond acceptors (Lipinski definition) is 3. The Hall–Kier alpha value is -1.32. The summed E-state index contributed by atoms with van der Waals surface area (Å²) in [5.41, 5.74) is 9.08. The molecule has 2 aromatic rings. The molecule has 4 heteroatoms. The summed E-state index contributed by atoms with van der Waals surface area (Å²) in [6.45, 7) is 2.78. The Labute approximate surface area is 130 Å². The van der Waals surface area contributed by atoms with Gasteiger partial charge in [-0.25, -0.2) is 0 Å². The molecule has 1 aliphatic carbocycles. The quantitative estimate of drug-likeness (QED) is 0.896. The van der Waals surface area contributed by atoms with E-state index in [1.54, 1.807) is 0 Å². The highest BCUT2D eigenvalue weighted by Gasteiger charge is 2.25. The number of anilines is 1. The summed E-state index contributed by atoms with van der Waals surface area (Å²) in [6, 6.07) is 6.46. The number of nitrogens with two attached hydrogens (primary N) is 1. The number of aryl methyl sites for hydroxylation is 1. The van der Waals surface area contributed by atoms with Gasteiger partial charge in [0.05, 0.1) is 16.2 Å². The first-order valence-corrected chi connectivity index (χ1v) is 8.09. The van der Waals surface area contributed by atoms with Crippen molar-refractivity contribution >= 4 is 28.2 Å². The zero-order valence-corrected chi connectivity index (χ0v) is 13.2. The number of aromatic nitrogens is 1. The van der Waals surface area contributed by atoms with Crippen LogP contribution in [0, 0.1) is 12.8 Å². The van der Waals surface area contributed by atoms with Gasteiger partial charge in [-0.05, 0) is 56.0 Å². The van der Waals surface area contributed by atoms with Crippen molar-refractivity contribution in [1.29, 1.82) is 0 Å². The van der Waals surface area contributed by atoms with Crippen LogP contribution in [0.4, 0.5) is 5.69 Å². The van der Waals surface area contributed by atoms with Gasteiger partial charge in [0.2, 0.25) is 0 Å². The van der Waals surface area contributed by atoms with Crippen molar-refractivity contribution in [2.75, 3.05) is 11.9 Å². The van der Waals surface area contributed by atoms with Crippen LogP contribution in [0.2, 0.25) is 5.02 Å². The normalized spacial score (nSPS) is 22.4. The summed E-state index contributed by atoms with van der Waals surface area (Å²) >= 11 is 6.50. The fourth-order valence-corrected chi connectivity index (χ4v) is 3.71. The third-order valence-electron chi connectivity index (χ3n) is 4.57. The number of pyridine rings is 1. The Morgan fingerprint density at radius 2 is 2.19 bits per heavy atom. The second-order valence-corrected chi connectivity index (χ2v) is 6.39. The molecule has 0 spiro atoms. The molecule has 0 radical (unpaired) electrons. The van der Waals surface area contributed by atoms with Crippen LogP contribution in [0.5, 0.6) is 0 Å². The Kier molecular flexibility index (Phi) is 4.32. The van der Waals surface area contributed by atoms with Crippen molar-refractivity contribution in [3.8, 4) is 0 Å². The number of nitrogens with zero attached hydrogens (tertiary/aromatic N) is 1. The van der Waals surface area contributed by atoms with Crippen LogP contribution in [-0.2, 0) is 0 Å². The lowest BCUT2D eigenvalue weighted by atomic mass is 9.84. The summed E-state index contributed by atoms with van der Waals surface area (Å²) in [6.07, 6.45) is 6.73. The number of rotatable bonds is 3. The highest BCUT2D eigenvalue weighted by atomic mass is 35.5. The van der Waals surface area contributed by atoms with Gasteiger partial charge in [0, 0.05) is 17.6 Å². The minimum absolute atomic E-state index is 0.410. The largest absolute Gasteiger partial charge is 0.380 e. The van der Waals surface area contributed by atoms with E-state index in [-0.39, 0.29) is 0 Å². The topological polar surface area (TPSA) is 50.9 Å². The van der Waals surface area contributed by atoms with Gasteiger partial charge in [-0.3, -0.25) is 4.98 Å². The minimum atomic E-state index is 0.410. The summed E-state index contributed by atoms with van der Waals surface area (Å²) in [4.78, 5) is 4.49. The van der Waals surface area contributed by atoms with Crippen LogP contribution < -0.4 is 11.1 Å². The van der Waals surface area contributed by atoms with Gasteiger partial charge >= 0.3 is 0 Å². The monoisotopic (exact) mass is 303 g/mol. The van der Waals surface area contributed by atoms with Crippen molar-refractivity contribution in [3.05, 3.63) is 35.0 Å². The summed E-state index contributed by atoms with van der Waals surface area (Å²) in [7, 11) is 0. The molecular weight excluding hydrogens is 282 g/mol. The molecule has 0 saturated heterocycles. The van der Waals surface area contributed by atoms with Crippen molar-refractivity contribution < 1.29 is 0 Å². The lowest BCUT2D eigenvalue weighted by Crippen LogP contribution is -2.36. The van der Waals surface area contributed by atoms with Gasteiger partial charge < -0.3 is 11.1 Å². The summed E-state index contributed by atoms with van der Waals surface area (Å²) in [5, 5.41) is 5.54. The fraction of sp³-hybridized carbons (Fsp3) is 0.471. The highest BCUT2D eigenvalue weighted by Crippen LogP contribution is 2.35. The van der Waals surface area contributed by atoms with Crippen molar-refractivity contribution in [1.82, 2.24) is 4.98 Å². The lowest BCUT2D eigenvalue weighted by Gasteiger charge is -2.32. The summed E-state index contributed by atoms with van der Waals surface area (Å²) < 4.78 is 0. The van der Waals surface area contributed by atoms with E-state index in [2.05, 4.69) is 16.4 Å². The third kappa shape index (κ3) is 2.85. The molecule has 1 aliphatic rings. The smallest absolute Gasteiger partial charge is 0.0752 e. The predicted molar refractivity (Wildman–Crippen MR) is 89.9 cm³/mol. The Morgan fingerprint density at radius 1 is 1.38 bits per heavy atom. The number of nitrogens with one attached hydrogen (secondary N) is 1. The number of halogens is 1. The molecule has 112 valence electrons. The number of benzene rings is 1. The summed E-state index contributed by atoms with van der Waals surface area (Å²) in [5.74, 6) is 0.530. The van der Waals surface area contributed by atoms with E-state index in [9.17, 15) is 0 Å². The molecular formula is C17H22ClN3. The van der Waals surface area contributed by atoms with E-state index < -0.39 is 0 Å². The molecule has 2 unspecified atom stereocenters. The minimum Gasteiger partial charge on any atom is -0.380 e. The Balaban J connectivity index is 2.00. The second-order valence-electron chi connectivity index (χ2n) is 5.98. The van der Waals surface area contributed by atoms with Gasteiger partial charge in [0.15, 0.2) is 0 Å². The van der Waals surface area contributed by atoms with E-state index in [0.29, 0.717) is 12.0 Å². The standard InChI is InChI=1S/C17H22ClN3/c1-11-9-14(18)17(13-6-4-8-20-16(11)13)21-15-7-3-2-5-12(15)10-19/h4,6,8-9,12,15,21H,2-3,5,7,10,19H2,1H3. The molecule has 0 aliphatic heterocycles. The molecule has 0 bridgehead atoms. The molecule has 2 atom stereocenters. The maximum absolute atomic E-state index is 6.50. The molecule has 1 heterocycles. The molecule has 1 saturated carbocycles. The second kappa shape index (κ2) is 6.20. The zero-order chi connectivity index (χ0) is 14.8. The van der Waals surface area contributed by atoms with Gasteiger partial charge in [0.1, 0.15) is 0 Å². The number of fused-ring (bicyclic) bond motifs is 1. The van der Waals surface area contributed by atoms with Crippen LogP contribution in [0.25, 0.3) is 10.9 Å². The molecule has 1 fully saturated rings. The van der Waals surface area contributed by atoms with Crippen LogP contribution in [0.15, 0.2) is 24.4 Å². The van der Waals surface area contributed by atoms with E-state index >= 15 is 0 Å². The maximum Gasteiger partial charge on any atom is 0.0752 e. The SMILES string of the molecule is Cc1cc(Cl)c(NC2CCCCC2CN)c2cccnc12. The van der Waals surface area contributed by atoms with Gasteiger partial charge in [-0.2, -0.15) is 0 Å². The Morgan fingerprint density at radius 3 is 3.00 bits per heavy atom. The highest BCUT2D eigenvalue weighted by molar-refractivity contribution is 6.35. The third-order valence-corrected chi connectivity index (χ3v) is 4.87. The molecule has 1 aromatic heterocycles. The Bertz CT molecular complexity index is 641. The van der Waals surface area contributed by atoms with Crippen LogP contribution >= 0.6 is 11.6 Å².